The van der Waals surface area contributed by atoms with Gasteiger partial charge >= 0.3 is 11.9 Å². The molecule has 0 rings (SSSR count). The molecule has 0 aromatic rings. The van der Waals surface area contributed by atoms with Crippen LogP contribution < -0.4 is 0 Å². The van der Waals surface area contributed by atoms with E-state index >= 15 is 0 Å². The zero-order valence-electron chi connectivity index (χ0n) is 9.16. The number of carboxylic acids is 1. The van der Waals surface area contributed by atoms with Gasteiger partial charge in [-0.3, -0.25) is 0 Å². The third kappa shape index (κ3) is 5.56. The zero-order valence-corrected chi connectivity index (χ0v) is 9.92. The number of hydrogen-bond donors (Lipinski definition) is 1. The third-order valence-electron chi connectivity index (χ3n) is 1.86. The largest absolute Gasteiger partial charge is 0.478 e. The molecule has 0 amide bonds. The second-order valence-corrected chi connectivity index (χ2v) is 3.72. The quantitative estimate of drug-likeness (QED) is 0.425. The Kier molecular flexibility index (Phi) is 6.49. The summed E-state index contributed by atoms with van der Waals surface area (Å²) < 4.78 is 4.99. The molecule has 0 aromatic carbocycles. The van der Waals surface area contributed by atoms with Crippen molar-refractivity contribution >= 4 is 23.5 Å². The fourth-order valence-electron chi connectivity index (χ4n) is 0.862. The first-order valence-electron chi connectivity index (χ1n) is 4.72. The van der Waals surface area contributed by atoms with Crippen molar-refractivity contribution in [2.75, 3.05) is 5.88 Å². The maximum atomic E-state index is 11.2. The normalized spacial score (nSPS) is 11.6. The molecule has 4 nitrogen and oxygen atoms in total. The average molecular weight is 247 g/mol. The summed E-state index contributed by atoms with van der Waals surface area (Å²) in [5, 5.41) is 8.58. The first-order valence-corrected chi connectivity index (χ1v) is 5.25. The molecule has 0 spiro atoms. The number of rotatable bonds is 7. The van der Waals surface area contributed by atoms with E-state index < -0.39 is 18.0 Å². The van der Waals surface area contributed by atoms with E-state index in [0.29, 0.717) is 6.42 Å². The standard InChI is InChI=1S/C11H15ClO4/c1-7(2)11(15)16-9(6-12)5-4-8(3)10(13)14/h9H,1,3-6H2,2H3,(H,13,14). The Labute approximate surface area is 99.5 Å². The zero-order chi connectivity index (χ0) is 12.7. The molecule has 0 saturated heterocycles. The summed E-state index contributed by atoms with van der Waals surface area (Å²) in [6.45, 7) is 8.34. The molecule has 0 aliphatic rings. The molecule has 1 atom stereocenters. The summed E-state index contributed by atoms with van der Waals surface area (Å²) >= 11 is 5.60. The summed E-state index contributed by atoms with van der Waals surface area (Å²) in [6.07, 6.45) is 0.0612. The fourth-order valence-corrected chi connectivity index (χ4v) is 1.08. The summed E-state index contributed by atoms with van der Waals surface area (Å²) in [7, 11) is 0. The van der Waals surface area contributed by atoms with E-state index in [1.165, 1.54) is 6.92 Å². The van der Waals surface area contributed by atoms with Gasteiger partial charge in [0.1, 0.15) is 6.10 Å². The molecule has 0 aliphatic heterocycles. The molecule has 0 aromatic heterocycles. The van der Waals surface area contributed by atoms with E-state index in [4.69, 9.17) is 21.4 Å². The Balaban J connectivity index is 4.11. The highest BCUT2D eigenvalue weighted by molar-refractivity contribution is 6.18. The maximum Gasteiger partial charge on any atom is 0.333 e. The number of carbonyl (C=O) groups excluding carboxylic acids is 1. The fraction of sp³-hybridized carbons (Fsp3) is 0.455. The Hall–Kier alpha value is -1.29. The van der Waals surface area contributed by atoms with Crippen LogP contribution in [-0.4, -0.2) is 29.0 Å². The molecule has 5 heteroatoms. The van der Waals surface area contributed by atoms with Gasteiger partial charge in [-0.15, -0.1) is 11.6 Å². The minimum absolute atomic E-state index is 0.0708. The predicted octanol–water partition coefficient (Wildman–Crippen LogP) is 2.13. The molecule has 0 heterocycles. The van der Waals surface area contributed by atoms with Crippen molar-refractivity contribution in [3.63, 3.8) is 0 Å². The lowest BCUT2D eigenvalue weighted by atomic mass is 10.1. The number of aliphatic carboxylic acids is 1. The number of halogens is 1. The van der Waals surface area contributed by atoms with Crippen molar-refractivity contribution in [3.05, 3.63) is 24.3 Å². The topological polar surface area (TPSA) is 63.6 Å². The highest BCUT2D eigenvalue weighted by Crippen LogP contribution is 2.11. The number of esters is 1. The monoisotopic (exact) mass is 246 g/mol. The van der Waals surface area contributed by atoms with Crippen LogP contribution in [-0.2, 0) is 14.3 Å². The van der Waals surface area contributed by atoms with Crippen molar-refractivity contribution in [2.45, 2.75) is 25.9 Å². The van der Waals surface area contributed by atoms with Crippen LogP contribution in [0.2, 0.25) is 0 Å². The van der Waals surface area contributed by atoms with Gasteiger partial charge in [-0.2, -0.15) is 0 Å². The van der Waals surface area contributed by atoms with Gasteiger partial charge in [0.05, 0.1) is 5.88 Å². The van der Waals surface area contributed by atoms with Crippen LogP contribution in [0.25, 0.3) is 0 Å². The third-order valence-corrected chi connectivity index (χ3v) is 2.21. The SMILES string of the molecule is C=C(C)C(=O)OC(CCl)CCC(=C)C(=O)O. The van der Waals surface area contributed by atoms with Crippen molar-refractivity contribution < 1.29 is 19.4 Å². The van der Waals surface area contributed by atoms with E-state index in [2.05, 4.69) is 13.2 Å². The summed E-state index contributed by atoms with van der Waals surface area (Å²) in [5.74, 6) is -1.46. The van der Waals surface area contributed by atoms with Crippen LogP contribution in [0.15, 0.2) is 24.3 Å². The molecular weight excluding hydrogens is 232 g/mol. The van der Waals surface area contributed by atoms with E-state index in [9.17, 15) is 9.59 Å². The van der Waals surface area contributed by atoms with Crippen LogP contribution in [0.4, 0.5) is 0 Å². The second-order valence-electron chi connectivity index (χ2n) is 3.41. The number of ether oxygens (including phenoxy) is 1. The van der Waals surface area contributed by atoms with Gasteiger partial charge in [0.2, 0.25) is 0 Å². The van der Waals surface area contributed by atoms with Gasteiger partial charge in [0, 0.05) is 11.1 Å². The van der Waals surface area contributed by atoms with E-state index in [-0.39, 0.29) is 23.4 Å². The summed E-state index contributed by atoms with van der Waals surface area (Å²) in [4.78, 5) is 21.6. The van der Waals surface area contributed by atoms with Gasteiger partial charge in [-0.1, -0.05) is 13.2 Å². The molecule has 0 aliphatic carbocycles. The van der Waals surface area contributed by atoms with Gasteiger partial charge in [0.15, 0.2) is 0 Å². The number of carbonyl (C=O) groups is 2. The van der Waals surface area contributed by atoms with Crippen molar-refractivity contribution in [1.82, 2.24) is 0 Å². The maximum absolute atomic E-state index is 11.2. The Bertz CT molecular complexity index is 309. The lowest BCUT2D eigenvalue weighted by molar-refractivity contribution is -0.143. The molecule has 0 radical (unpaired) electrons. The van der Waals surface area contributed by atoms with E-state index in [0.717, 1.165) is 0 Å². The van der Waals surface area contributed by atoms with Gasteiger partial charge in [-0.25, -0.2) is 9.59 Å². The van der Waals surface area contributed by atoms with Crippen molar-refractivity contribution in [1.29, 1.82) is 0 Å². The van der Waals surface area contributed by atoms with Crippen LogP contribution in [0.3, 0.4) is 0 Å². The highest BCUT2D eigenvalue weighted by Gasteiger charge is 2.15. The van der Waals surface area contributed by atoms with Gasteiger partial charge in [-0.05, 0) is 19.8 Å². The lowest BCUT2D eigenvalue weighted by Crippen LogP contribution is -2.20. The molecule has 16 heavy (non-hydrogen) atoms. The van der Waals surface area contributed by atoms with Gasteiger partial charge < -0.3 is 9.84 Å². The van der Waals surface area contributed by atoms with Crippen molar-refractivity contribution in [3.8, 4) is 0 Å². The minimum atomic E-state index is -1.06. The molecule has 1 unspecified atom stereocenters. The van der Waals surface area contributed by atoms with E-state index in [1.807, 2.05) is 0 Å². The number of alkyl halides is 1. The van der Waals surface area contributed by atoms with Crippen LogP contribution in [0, 0.1) is 0 Å². The second kappa shape index (κ2) is 7.06. The lowest BCUT2D eigenvalue weighted by Gasteiger charge is -2.15. The predicted molar refractivity (Wildman–Crippen MR) is 61.4 cm³/mol. The highest BCUT2D eigenvalue weighted by atomic mass is 35.5. The molecular formula is C11H15ClO4. The average Bonchev–Trinajstić information content (AvgIpc) is 2.22. The molecule has 0 bridgehead atoms. The van der Waals surface area contributed by atoms with Crippen LogP contribution in [0.1, 0.15) is 19.8 Å². The Morgan fingerprint density at radius 2 is 2.00 bits per heavy atom. The van der Waals surface area contributed by atoms with Crippen LogP contribution >= 0.6 is 11.6 Å². The Morgan fingerprint density at radius 3 is 2.38 bits per heavy atom. The molecule has 90 valence electrons. The minimum Gasteiger partial charge on any atom is -0.478 e. The number of hydrogen-bond acceptors (Lipinski definition) is 3. The summed E-state index contributed by atoms with van der Waals surface area (Å²) in [5.41, 5.74) is 0.355. The Morgan fingerprint density at radius 1 is 1.44 bits per heavy atom. The first-order chi connectivity index (χ1) is 7.38. The number of carboxylic acid groups (broad SMARTS) is 1. The molecule has 0 saturated carbocycles. The van der Waals surface area contributed by atoms with Crippen LogP contribution in [0.5, 0.6) is 0 Å². The van der Waals surface area contributed by atoms with Gasteiger partial charge in [0.25, 0.3) is 0 Å². The van der Waals surface area contributed by atoms with Crippen molar-refractivity contribution in [2.24, 2.45) is 0 Å². The first kappa shape index (κ1) is 14.7. The van der Waals surface area contributed by atoms with E-state index in [1.54, 1.807) is 0 Å². The molecule has 1 N–H and O–H groups in total. The smallest absolute Gasteiger partial charge is 0.333 e. The summed E-state index contributed by atoms with van der Waals surface area (Å²) in [6, 6.07) is 0. The molecule has 0 fully saturated rings.